The van der Waals surface area contributed by atoms with Crippen molar-refractivity contribution in [2.24, 2.45) is 11.3 Å². The van der Waals surface area contributed by atoms with Crippen molar-refractivity contribution < 1.29 is 18.3 Å². The predicted molar refractivity (Wildman–Crippen MR) is 74.9 cm³/mol. The van der Waals surface area contributed by atoms with Crippen LogP contribution in [0.3, 0.4) is 0 Å². The third-order valence-electron chi connectivity index (χ3n) is 5.68. The van der Waals surface area contributed by atoms with Crippen LogP contribution in [0.1, 0.15) is 62.8 Å². The molecule has 0 unspecified atom stereocenters. The molecule has 3 rings (SSSR count). The van der Waals surface area contributed by atoms with Crippen LogP contribution < -0.4 is 0 Å². The molecule has 1 nitrogen and oxygen atoms in total. The molecule has 0 aromatic heterocycles. The fourth-order valence-electron chi connectivity index (χ4n) is 4.83. The van der Waals surface area contributed by atoms with Crippen molar-refractivity contribution in [2.75, 3.05) is 0 Å². The van der Waals surface area contributed by atoms with E-state index in [1.54, 1.807) is 0 Å². The zero-order chi connectivity index (χ0) is 15.6. The van der Waals surface area contributed by atoms with Crippen LogP contribution >= 0.6 is 0 Å². The first-order chi connectivity index (χ1) is 9.57. The summed E-state index contributed by atoms with van der Waals surface area (Å²) >= 11 is 0. The number of aliphatic hydroxyl groups is 1. The van der Waals surface area contributed by atoms with Gasteiger partial charge in [0.05, 0.1) is 11.7 Å². The Morgan fingerprint density at radius 2 is 1.81 bits per heavy atom. The van der Waals surface area contributed by atoms with Crippen molar-refractivity contribution in [1.82, 2.24) is 0 Å². The zero-order valence-corrected chi connectivity index (χ0v) is 12.6. The Kier molecular flexibility index (Phi) is 3.01. The molecule has 2 aliphatic rings. The molecule has 1 fully saturated rings. The molecule has 1 aromatic carbocycles. The van der Waals surface area contributed by atoms with Gasteiger partial charge < -0.3 is 5.11 Å². The molecular weight excluding hydrogens is 277 g/mol. The third-order valence-corrected chi connectivity index (χ3v) is 5.68. The predicted octanol–water partition coefficient (Wildman–Crippen LogP) is 4.84. The van der Waals surface area contributed by atoms with Gasteiger partial charge in [-0.3, -0.25) is 0 Å². The summed E-state index contributed by atoms with van der Waals surface area (Å²) in [5.41, 5.74) is 0.341. The summed E-state index contributed by atoms with van der Waals surface area (Å²) in [5, 5.41) is 10.7. The highest BCUT2D eigenvalue weighted by Gasteiger charge is 2.56. The molecule has 3 atom stereocenters. The summed E-state index contributed by atoms with van der Waals surface area (Å²) in [6.45, 7) is 6.26. The van der Waals surface area contributed by atoms with Crippen LogP contribution in [0.4, 0.5) is 13.2 Å². The first-order valence-electron chi connectivity index (χ1n) is 7.47. The quantitative estimate of drug-likeness (QED) is 0.727. The number of hydrogen-bond acceptors (Lipinski definition) is 1. The van der Waals surface area contributed by atoms with Gasteiger partial charge in [-0.15, -0.1) is 0 Å². The molecule has 4 heteroatoms. The van der Waals surface area contributed by atoms with Crippen LogP contribution in [-0.4, -0.2) is 5.11 Å². The molecule has 0 radical (unpaired) electrons. The van der Waals surface area contributed by atoms with Crippen molar-refractivity contribution >= 4 is 0 Å². The Labute approximate surface area is 123 Å². The Balaban J connectivity index is 2.17. The first kappa shape index (κ1) is 14.9. The molecule has 0 amide bonds. The maximum absolute atomic E-state index is 13.0. The number of hydrogen-bond donors (Lipinski definition) is 1. The normalized spacial score (nSPS) is 34.4. The number of rotatable bonds is 0. The Morgan fingerprint density at radius 3 is 2.43 bits per heavy atom. The van der Waals surface area contributed by atoms with Gasteiger partial charge in [0.2, 0.25) is 0 Å². The highest BCUT2D eigenvalue weighted by atomic mass is 19.4. The highest BCUT2D eigenvalue weighted by Crippen LogP contribution is 2.62. The van der Waals surface area contributed by atoms with Crippen LogP contribution in [0.15, 0.2) is 18.2 Å². The van der Waals surface area contributed by atoms with Gasteiger partial charge in [-0.05, 0) is 46.9 Å². The smallest absolute Gasteiger partial charge is 0.388 e. The molecule has 0 spiro atoms. The van der Waals surface area contributed by atoms with Crippen LogP contribution in [0.5, 0.6) is 0 Å². The van der Waals surface area contributed by atoms with Crippen molar-refractivity contribution in [3.63, 3.8) is 0 Å². The summed E-state index contributed by atoms with van der Waals surface area (Å²) in [5.74, 6) is -0.0165. The molecule has 0 aliphatic heterocycles. The van der Waals surface area contributed by atoms with E-state index in [0.29, 0.717) is 11.1 Å². The average molecular weight is 298 g/mol. The number of fused-ring (bicyclic) bond motifs is 3. The SMILES string of the molecule is CC1(C)CCC[C@@]2(C)c3cc(C(F)(F)F)ccc3[C@H](O)[C@@H]12. The second-order valence-corrected chi connectivity index (χ2v) is 7.48. The Hall–Kier alpha value is -1.03. The van der Waals surface area contributed by atoms with Gasteiger partial charge in [-0.25, -0.2) is 0 Å². The van der Waals surface area contributed by atoms with E-state index in [1.807, 2.05) is 6.92 Å². The maximum Gasteiger partial charge on any atom is 0.416 e. The number of benzene rings is 1. The zero-order valence-electron chi connectivity index (χ0n) is 12.6. The van der Waals surface area contributed by atoms with Crippen molar-refractivity contribution in [1.29, 1.82) is 0 Å². The van der Waals surface area contributed by atoms with E-state index in [1.165, 1.54) is 12.1 Å². The minimum Gasteiger partial charge on any atom is -0.388 e. The topological polar surface area (TPSA) is 20.2 Å². The van der Waals surface area contributed by atoms with Gasteiger partial charge in [0.25, 0.3) is 0 Å². The Bertz CT molecular complexity index is 576. The second-order valence-electron chi connectivity index (χ2n) is 7.48. The molecule has 0 bridgehead atoms. The number of aliphatic hydroxyl groups excluding tert-OH is 1. The van der Waals surface area contributed by atoms with Crippen LogP contribution in [-0.2, 0) is 11.6 Å². The van der Waals surface area contributed by atoms with E-state index in [9.17, 15) is 18.3 Å². The fourth-order valence-corrected chi connectivity index (χ4v) is 4.83. The fraction of sp³-hybridized carbons (Fsp3) is 0.647. The second kappa shape index (κ2) is 4.25. The summed E-state index contributed by atoms with van der Waals surface area (Å²) < 4.78 is 39.0. The standard InChI is InChI=1S/C17H21F3O/c1-15(2)7-4-8-16(3)12-9-10(17(18,19)20)5-6-11(12)13(21)14(15)16/h5-6,9,13-14,21H,4,7-8H2,1-3H3/t13-,14-,16-/m0/s1. The van der Waals surface area contributed by atoms with E-state index in [0.717, 1.165) is 25.3 Å². The van der Waals surface area contributed by atoms with E-state index in [-0.39, 0.29) is 16.7 Å². The summed E-state index contributed by atoms with van der Waals surface area (Å²) in [7, 11) is 0. The summed E-state index contributed by atoms with van der Waals surface area (Å²) in [6.07, 6.45) is -2.17. The molecule has 0 heterocycles. The number of alkyl halides is 3. The van der Waals surface area contributed by atoms with Crippen LogP contribution in [0, 0.1) is 11.3 Å². The van der Waals surface area contributed by atoms with Crippen molar-refractivity contribution in [3.8, 4) is 0 Å². The van der Waals surface area contributed by atoms with Gasteiger partial charge in [0.15, 0.2) is 0 Å². The molecule has 116 valence electrons. The molecule has 1 N–H and O–H groups in total. The molecule has 1 aromatic rings. The van der Waals surface area contributed by atoms with Crippen LogP contribution in [0.25, 0.3) is 0 Å². The van der Waals surface area contributed by atoms with Gasteiger partial charge in [0, 0.05) is 5.92 Å². The third kappa shape index (κ3) is 2.02. The van der Waals surface area contributed by atoms with E-state index >= 15 is 0 Å². The van der Waals surface area contributed by atoms with E-state index < -0.39 is 17.8 Å². The first-order valence-corrected chi connectivity index (χ1v) is 7.47. The molecule has 0 saturated heterocycles. The molecule has 1 saturated carbocycles. The van der Waals surface area contributed by atoms with Crippen molar-refractivity contribution in [3.05, 3.63) is 34.9 Å². The Morgan fingerprint density at radius 1 is 1.14 bits per heavy atom. The largest absolute Gasteiger partial charge is 0.416 e. The average Bonchev–Trinajstić information content (AvgIpc) is 2.58. The lowest BCUT2D eigenvalue weighted by atomic mass is 9.56. The van der Waals surface area contributed by atoms with Gasteiger partial charge >= 0.3 is 6.18 Å². The van der Waals surface area contributed by atoms with Crippen molar-refractivity contribution in [2.45, 2.75) is 57.7 Å². The molecule has 21 heavy (non-hydrogen) atoms. The van der Waals surface area contributed by atoms with Gasteiger partial charge in [-0.2, -0.15) is 13.2 Å². The van der Waals surface area contributed by atoms with Gasteiger partial charge in [0.1, 0.15) is 0 Å². The van der Waals surface area contributed by atoms with E-state index in [2.05, 4.69) is 13.8 Å². The number of halogens is 3. The minimum atomic E-state index is -4.33. The van der Waals surface area contributed by atoms with E-state index in [4.69, 9.17) is 0 Å². The maximum atomic E-state index is 13.0. The van der Waals surface area contributed by atoms with Gasteiger partial charge in [-0.1, -0.05) is 33.3 Å². The lowest BCUT2D eigenvalue weighted by Crippen LogP contribution is -2.43. The highest BCUT2D eigenvalue weighted by molar-refractivity contribution is 5.46. The lowest BCUT2D eigenvalue weighted by Gasteiger charge is -2.48. The molecular formula is C17H21F3O. The lowest BCUT2D eigenvalue weighted by molar-refractivity contribution is -0.137. The monoisotopic (exact) mass is 298 g/mol. The summed E-state index contributed by atoms with van der Waals surface area (Å²) in [6, 6.07) is 3.83. The van der Waals surface area contributed by atoms with Crippen LogP contribution in [0.2, 0.25) is 0 Å². The minimum absolute atomic E-state index is 0.0165. The molecule has 2 aliphatic carbocycles. The summed E-state index contributed by atoms with van der Waals surface area (Å²) in [4.78, 5) is 0.